The molecule has 0 fully saturated rings. The van der Waals surface area contributed by atoms with Gasteiger partial charge in [-0.25, -0.2) is 9.59 Å². The average molecular weight is 287 g/mol. The van der Waals surface area contributed by atoms with Gasteiger partial charge in [-0.2, -0.15) is 0 Å². The number of carboxylic acids is 1. The van der Waals surface area contributed by atoms with Crippen LogP contribution >= 0.6 is 11.8 Å². The summed E-state index contributed by atoms with van der Waals surface area (Å²) in [7, 11) is 0. The monoisotopic (exact) mass is 287 g/mol. The highest BCUT2D eigenvalue weighted by molar-refractivity contribution is 8.00. The Bertz CT molecular complexity index is 421. The Morgan fingerprint density at radius 2 is 2.16 bits per heavy atom. The zero-order valence-corrected chi connectivity index (χ0v) is 11.5. The van der Waals surface area contributed by atoms with Crippen molar-refractivity contribution in [2.75, 3.05) is 18.1 Å². The van der Waals surface area contributed by atoms with Gasteiger partial charge in [0.05, 0.1) is 24.2 Å². The van der Waals surface area contributed by atoms with E-state index in [9.17, 15) is 19.5 Å². The molecule has 1 heterocycles. The van der Waals surface area contributed by atoms with Crippen molar-refractivity contribution in [1.29, 1.82) is 0 Å². The molecule has 0 aliphatic carbocycles. The average Bonchev–Trinajstić information content (AvgIpc) is 2.27. The highest BCUT2D eigenvalue weighted by Gasteiger charge is 2.29. The zero-order chi connectivity index (χ0) is 14.4. The van der Waals surface area contributed by atoms with E-state index in [1.807, 2.05) is 0 Å². The molecule has 106 valence electrons. The molecule has 1 rings (SSSR count). The highest BCUT2D eigenvalue weighted by Crippen LogP contribution is 2.17. The summed E-state index contributed by atoms with van der Waals surface area (Å²) < 4.78 is 4.92. The van der Waals surface area contributed by atoms with Gasteiger partial charge in [0, 0.05) is 17.2 Å². The molecule has 0 aromatic carbocycles. The number of rotatable bonds is 6. The Kier molecular flexibility index (Phi) is 5.68. The molecule has 19 heavy (non-hydrogen) atoms. The van der Waals surface area contributed by atoms with Crippen LogP contribution in [0.25, 0.3) is 0 Å². The smallest absolute Gasteiger partial charge is 0.337 e. The first-order valence-electron chi connectivity index (χ1n) is 5.71. The minimum atomic E-state index is -1.20. The third kappa shape index (κ3) is 4.47. The molecule has 0 aromatic heterocycles. The first-order valence-corrected chi connectivity index (χ1v) is 6.86. The van der Waals surface area contributed by atoms with Crippen molar-refractivity contribution >= 4 is 29.7 Å². The number of carbonyl (C=O) groups is 3. The third-order valence-corrected chi connectivity index (χ3v) is 3.26. The summed E-state index contributed by atoms with van der Waals surface area (Å²) in [5.41, 5.74) is 0.688. The number of ether oxygens (including phenoxy) is 1. The summed E-state index contributed by atoms with van der Waals surface area (Å²) in [4.78, 5) is 33.5. The van der Waals surface area contributed by atoms with Gasteiger partial charge < -0.3 is 25.3 Å². The summed E-state index contributed by atoms with van der Waals surface area (Å²) in [6.07, 6.45) is 0. The van der Waals surface area contributed by atoms with Gasteiger partial charge in [-0.15, -0.1) is 11.8 Å². The number of hydrogen-bond donors (Lipinski definition) is 2. The lowest BCUT2D eigenvalue weighted by Crippen LogP contribution is -2.49. The number of carboxylic acid groups (broad SMARTS) is 1. The van der Waals surface area contributed by atoms with E-state index in [0.717, 1.165) is 11.8 Å². The fourth-order valence-corrected chi connectivity index (χ4v) is 2.33. The molecule has 1 aliphatic rings. The van der Waals surface area contributed by atoms with Crippen LogP contribution in [0.4, 0.5) is 4.79 Å². The second-order valence-corrected chi connectivity index (χ2v) is 4.78. The van der Waals surface area contributed by atoms with Crippen molar-refractivity contribution in [2.24, 2.45) is 0 Å². The number of amides is 2. The SMILES string of the molecule is CCOC(=O)C1=C(CSCC(=O)[O-])NC(=O)N[C@@H]1C. The summed E-state index contributed by atoms with van der Waals surface area (Å²) in [6.45, 7) is 3.57. The van der Waals surface area contributed by atoms with Gasteiger partial charge in [0.25, 0.3) is 0 Å². The van der Waals surface area contributed by atoms with E-state index in [1.165, 1.54) is 0 Å². The van der Waals surface area contributed by atoms with Crippen LogP contribution in [0.3, 0.4) is 0 Å². The van der Waals surface area contributed by atoms with Crippen LogP contribution in [0.5, 0.6) is 0 Å². The van der Waals surface area contributed by atoms with E-state index in [0.29, 0.717) is 11.3 Å². The first kappa shape index (κ1) is 15.4. The molecular weight excluding hydrogens is 272 g/mol. The van der Waals surface area contributed by atoms with Gasteiger partial charge in [0.2, 0.25) is 0 Å². The fraction of sp³-hybridized carbons (Fsp3) is 0.545. The van der Waals surface area contributed by atoms with Crippen molar-refractivity contribution < 1.29 is 24.2 Å². The van der Waals surface area contributed by atoms with Gasteiger partial charge in [-0.3, -0.25) is 0 Å². The van der Waals surface area contributed by atoms with E-state index < -0.39 is 24.0 Å². The molecule has 1 atom stereocenters. The van der Waals surface area contributed by atoms with Crippen LogP contribution in [0, 0.1) is 0 Å². The molecule has 2 N–H and O–H groups in total. The van der Waals surface area contributed by atoms with Gasteiger partial charge in [-0.1, -0.05) is 0 Å². The molecule has 0 saturated heterocycles. The summed E-state index contributed by atoms with van der Waals surface area (Å²) >= 11 is 1.04. The number of esters is 1. The van der Waals surface area contributed by atoms with Gasteiger partial charge >= 0.3 is 12.0 Å². The molecule has 0 unspecified atom stereocenters. The van der Waals surface area contributed by atoms with Crippen molar-refractivity contribution in [3.63, 3.8) is 0 Å². The largest absolute Gasteiger partial charge is 0.549 e. The molecule has 7 nitrogen and oxygen atoms in total. The van der Waals surface area contributed by atoms with E-state index in [4.69, 9.17) is 4.74 Å². The van der Waals surface area contributed by atoms with Gasteiger partial charge in [-0.05, 0) is 13.8 Å². The lowest BCUT2D eigenvalue weighted by molar-refractivity contribution is -0.301. The molecular formula is C11H15N2O5S-. The number of nitrogens with one attached hydrogen (secondary N) is 2. The Hall–Kier alpha value is -1.70. The van der Waals surface area contributed by atoms with E-state index in [-0.39, 0.29) is 18.1 Å². The number of aliphatic carboxylic acids is 1. The van der Waals surface area contributed by atoms with Gasteiger partial charge in [0.1, 0.15) is 0 Å². The predicted octanol–water partition coefficient (Wildman–Crippen LogP) is -1.01. The molecule has 0 spiro atoms. The lowest BCUT2D eigenvalue weighted by atomic mass is 10.1. The second kappa shape index (κ2) is 7.03. The fourth-order valence-electron chi connectivity index (χ4n) is 1.63. The quantitative estimate of drug-likeness (QED) is 0.606. The van der Waals surface area contributed by atoms with Crippen molar-refractivity contribution in [3.05, 3.63) is 11.3 Å². The topological polar surface area (TPSA) is 108 Å². The minimum Gasteiger partial charge on any atom is -0.549 e. The Labute approximate surface area is 114 Å². The Balaban J connectivity index is 2.86. The zero-order valence-electron chi connectivity index (χ0n) is 10.6. The number of carbonyl (C=O) groups excluding carboxylic acids is 3. The minimum absolute atomic E-state index is 0.194. The van der Waals surface area contributed by atoms with Crippen molar-refractivity contribution in [1.82, 2.24) is 10.6 Å². The molecule has 0 radical (unpaired) electrons. The lowest BCUT2D eigenvalue weighted by Gasteiger charge is -2.26. The number of urea groups is 1. The number of hydrogen-bond acceptors (Lipinski definition) is 6. The van der Waals surface area contributed by atoms with Crippen LogP contribution in [0.2, 0.25) is 0 Å². The van der Waals surface area contributed by atoms with E-state index in [1.54, 1.807) is 13.8 Å². The molecule has 0 aromatic rings. The van der Waals surface area contributed by atoms with Gasteiger partial charge in [0.15, 0.2) is 0 Å². The highest BCUT2D eigenvalue weighted by atomic mass is 32.2. The molecule has 8 heteroatoms. The van der Waals surface area contributed by atoms with Crippen LogP contribution < -0.4 is 15.7 Å². The maximum absolute atomic E-state index is 11.8. The standard InChI is InChI=1S/C11H16N2O5S/c1-3-18-10(16)9-6(2)12-11(17)13-7(9)4-19-5-8(14)15/h6H,3-5H2,1-2H3,(H,14,15)(H2,12,13,17)/p-1/t6-/m1/s1. The maximum Gasteiger partial charge on any atom is 0.337 e. The molecule has 2 amide bonds. The maximum atomic E-state index is 11.8. The molecule has 0 bridgehead atoms. The molecule has 0 saturated carbocycles. The van der Waals surface area contributed by atoms with Crippen LogP contribution in [0.1, 0.15) is 13.8 Å². The summed E-state index contributed by atoms with van der Waals surface area (Å²) in [5, 5.41) is 15.4. The van der Waals surface area contributed by atoms with Crippen LogP contribution in [-0.4, -0.2) is 42.1 Å². The van der Waals surface area contributed by atoms with Crippen molar-refractivity contribution in [3.8, 4) is 0 Å². The first-order chi connectivity index (χ1) is 8.95. The van der Waals surface area contributed by atoms with Crippen molar-refractivity contribution in [2.45, 2.75) is 19.9 Å². The predicted molar refractivity (Wildman–Crippen MR) is 67.1 cm³/mol. The molecule has 1 aliphatic heterocycles. The van der Waals surface area contributed by atoms with Crippen LogP contribution in [0.15, 0.2) is 11.3 Å². The van der Waals surface area contributed by atoms with Crippen LogP contribution in [-0.2, 0) is 14.3 Å². The summed E-state index contributed by atoms with van der Waals surface area (Å²) in [6, 6.07) is -0.907. The Morgan fingerprint density at radius 3 is 2.74 bits per heavy atom. The third-order valence-electron chi connectivity index (χ3n) is 2.33. The second-order valence-electron chi connectivity index (χ2n) is 3.80. The Morgan fingerprint density at radius 1 is 1.47 bits per heavy atom. The van der Waals surface area contributed by atoms with E-state index in [2.05, 4.69) is 10.6 Å². The summed E-state index contributed by atoms with van der Waals surface area (Å²) in [5.74, 6) is -1.74. The van der Waals surface area contributed by atoms with E-state index >= 15 is 0 Å². The number of thioether (sulfide) groups is 1. The normalized spacial score (nSPS) is 18.6.